The van der Waals surface area contributed by atoms with E-state index in [-0.39, 0.29) is 12.5 Å². The standard InChI is InChI=1S/C25H39NO3S5/c1-2-3-4-5-6-7-8-9-10-11-12-13-14-15-22(28)21(19-27)26-25(29)20-16-17-23-24(18-20)31-33-34-32-30-23/h14-18,21-22,27-28H,2-13,19H2,1H3,(H,26,29)/b15-14+/t21-,22+/m1/s1. The van der Waals surface area contributed by atoms with Gasteiger partial charge in [-0.05, 0) is 82.1 Å². The molecule has 0 spiro atoms. The Balaban J connectivity index is 1.62. The van der Waals surface area contributed by atoms with Crippen LogP contribution >= 0.6 is 51.1 Å². The predicted octanol–water partition coefficient (Wildman–Crippen LogP) is 8.45. The predicted molar refractivity (Wildman–Crippen MR) is 155 cm³/mol. The first kappa shape index (κ1) is 30.3. The lowest BCUT2D eigenvalue weighted by Crippen LogP contribution is -2.45. The Morgan fingerprint density at radius 1 is 0.912 bits per heavy atom. The van der Waals surface area contributed by atoms with Crippen molar-refractivity contribution >= 4 is 57.0 Å². The van der Waals surface area contributed by atoms with E-state index in [0.717, 1.165) is 22.6 Å². The van der Waals surface area contributed by atoms with Gasteiger partial charge in [0.15, 0.2) is 0 Å². The molecule has 0 saturated carbocycles. The van der Waals surface area contributed by atoms with Crippen molar-refractivity contribution in [2.75, 3.05) is 6.61 Å². The molecule has 1 heterocycles. The van der Waals surface area contributed by atoms with E-state index >= 15 is 0 Å². The number of aliphatic hydroxyl groups excluding tert-OH is 2. The summed E-state index contributed by atoms with van der Waals surface area (Å²) in [4.78, 5) is 14.9. The molecule has 2 rings (SSSR count). The third-order valence-corrected chi connectivity index (χ3v) is 14.2. The zero-order chi connectivity index (χ0) is 24.4. The number of hydrogen-bond donors (Lipinski definition) is 3. The number of amides is 1. The second-order valence-corrected chi connectivity index (χ2v) is 16.1. The van der Waals surface area contributed by atoms with Gasteiger partial charge in [-0.3, -0.25) is 4.79 Å². The lowest BCUT2D eigenvalue weighted by Gasteiger charge is -2.20. The first-order valence-electron chi connectivity index (χ1n) is 12.4. The van der Waals surface area contributed by atoms with Gasteiger partial charge in [-0.2, -0.15) is 0 Å². The molecule has 4 nitrogen and oxygen atoms in total. The summed E-state index contributed by atoms with van der Waals surface area (Å²) >= 11 is 0. The summed E-state index contributed by atoms with van der Waals surface area (Å²) in [6.45, 7) is 1.95. The Bertz CT molecular complexity index is 735. The molecule has 0 fully saturated rings. The Hall–Kier alpha value is 0.100. The summed E-state index contributed by atoms with van der Waals surface area (Å²) in [6.07, 6.45) is 18.1. The Morgan fingerprint density at radius 2 is 1.53 bits per heavy atom. The Kier molecular flexibility index (Phi) is 17.2. The number of carbonyl (C=O) groups is 1. The van der Waals surface area contributed by atoms with E-state index in [1.54, 1.807) is 63.2 Å². The van der Waals surface area contributed by atoms with Crippen molar-refractivity contribution in [3.8, 4) is 0 Å². The van der Waals surface area contributed by atoms with Crippen LogP contribution in [0.25, 0.3) is 0 Å². The molecule has 0 unspecified atom stereocenters. The van der Waals surface area contributed by atoms with E-state index in [0.29, 0.717) is 5.56 Å². The maximum atomic E-state index is 12.7. The third-order valence-electron chi connectivity index (χ3n) is 5.74. The average Bonchev–Trinajstić information content (AvgIpc) is 3.10. The fourth-order valence-electron chi connectivity index (χ4n) is 3.68. The van der Waals surface area contributed by atoms with Gasteiger partial charge in [-0.1, -0.05) is 83.3 Å². The van der Waals surface area contributed by atoms with Crippen LogP contribution in [0.15, 0.2) is 40.1 Å². The molecule has 2 atom stereocenters. The van der Waals surface area contributed by atoms with E-state index in [2.05, 4.69) is 12.2 Å². The Labute approximate surface area is 224 Å². The lowest BCUT2D eigenvalue weighted by molar-refractivity contribution is 0.0811. The zero-order valence-corrected chi connectivity index (χ0v) is 24.2. The summed E-state index contributed by atoms with van der Waals surface area (Å²) in [5, 5.41) is 22.9. The number of aliphatic hydroxyl groups is 2. The highest BCUT2D eigenvalue weighted by molar-refractivity contribution is 9.36. The molecule has 34 heavy (non-hydrogen) atoms. The number of nitrogens with one attached hydrogen (secondary N) is 1. The second kappa shape index (κ2) is 19.2. The largest absolute Gasteiger partial charge is 0.394 e. The molecule has 0 saturated heterocycles. The minimum Gasteiger partial charge on any atom is -0.394 e. The molecule has 1 aliphatic heterocycles. The average molecular weight is 562 g/mol. The first-order chi connectivity index (χ1) is 16.7. The normalized spacial score (nSPS) is 15.6. The van der Waals surface area contributed by atoms with Gasteiger partial charge in [-0.15, -0.1) is 0 Å². The second-order valence-electron chi connectivity index (χ2n) is 8.54. The number of unbranched alkanes of at least 4 members (excludes halogenated alkanes) is 11. The Morgan fingerprint density at radius 3 is 2.18 bits per heavy atom. The van der Waals surface area contributed by atoms with Crippen LogP contribution in [0.2, 0.25) is 0 Å². The third kappa shape index (κ3) is 12.4. The van der Waals surface area contributed by atoms with Crippen molar-refractivity contribution < 1.29 is 15.0 Å². The zero-order valence-electron chi connectivity index (χ0n) is 20.1. The van der Waals surface area contributed by atoms with Crippen molar-refractivity contribution in [1.82, 2.24) is 5.32 Å². The van der Waals surface area contributed by atoms with Crippen LogP contribution in [0.1, 0.15) is 94.3 Å². The van der Waals surface area contributed by atoms with Crippen LogP contribution in [-0.4, -0.2) is 34.9 Å². The van der Waals surface area contributed by atoms with Gasteiger partial charge in [0.25, 0.3) is 5.91 Å². The molecule has 192 valence electrons. The molecule has 3 N–H and O–H groups in total. The van der Waals surface area contributed by atoms with Gasteiger partial charge in [0.05, 0.1) is 18.8 Å². The summed E-state index contributed by atoms with van der Waals surface area (Å²) in [5.74, 6) is -0.278. The van der Waals surface area contributed by atoms with Gasteiger partial charge in [0.1, 0.15) is 0 Å². The summed E-state index contributed by atoms with van der Waals surface area (Å²) in [7, 11) is 8.44. The van der Waals surface area contributed by atoms with Crippen LogP contribution in [-0.2, 0) is 0 Å². The number of rotatable bonds is 17. The molecular formula is C25H39NO3S5. The van der Waals surface area contributed by atoms with Gasteiger partial charge >= 0.3 is 0 Å². The number of hydrogen-bond acceptors (Lipinski definition) is 8. The quantitative estimate of drug-likeness (QED) is 0.0994. The van der Waals surface area contributed by atoms with E-state index in [1.165, 1.54) is 64.2 Å². The number of carbonyl (C=O) groups excluding carboxylic acids is 1. The number of benzene rings is 1. The van der Waals surface area contributed by atoms with Crippen molar-refractivity contribution in [3.05, 3.63) is 35.9 Å². The minimum atomic E-state index is -0.907. The SMILES string of the molecule is CCCCCCCCCCCCC/C=C/[C@H](O)[C@@H](CO)NC(=O)c1ccc2c(c1)SSSSS2. The molecule has 1 aliphatic rings. The summed E-state index contributed by atoms with van der Waals surface area (Å²) < 4.78 is 0. The molecule has 1 aromatic carbocycles. The smallest absolute Gasteiger partial charge is 0.251 e. The summed E-state index contributed by atoms with van der Waals surface area (Å²) in [6, 6.07) is 4.92. The molecule has 0 bridgehead atoms. The fourth-order valence-corrected chi connectivity index (χ4v) is 12.6. The monoisotopic (exact) mass is 561 g/mol. The van der Waals surface area contributed by atoms with Crippen LogP contribution in [0.4, 0.5) is 0 Å². The lowest BCUT2D eigenvalue weighted by atomic mass is 10.0. The van der Waals surface area contributed by atoms with Gasteiger partial charge in [-0.25, -0.2) is 0 Å². The topological polar surface area (TPSA) is 69.6 Å². The molecule has 0 radical (unpaired) electrons. The number of allylic oxidation sites excluding steroid dienone is 1. The van der Waals surface area contributed by atoms with Gasteiger partial charge < -0.3 is 15.5 Å². The molecule has 9 heteroatoms. The van der Waals surface area contributed by atoms with Crippen LogP contribution in [0, 0.1) is 0 Å². The maximum absolute atomic E-state index is 12.7. The number of fused-ring (bicyclic) bond motifs is 1. The van der Waals surface area contributed by atoms with Crippen LogP contribution in [0.3, 0.4) is 0 Å². The molecule has 1 aromatic rings. The molecule has 1 amide bonds. The van der Waals surface area contributed by atoms with Crippen molar-refractivity contribution in [2.45, 2.75) is 106 Å². The van der Waals surface area contributed by atoms with E-state index in [9.17, 15) is 15.0 Å². The van der Waals surface area contributed by atoms with E-state index in [1.807, 2.05) is 18.2 Å². The fraction of sp³-hybridized carbons (Fsp3) is 0.640. The van der Waals surface area contributed by atoms with E-state index in [4.69, 9.17) is 0 Å². The molecule has 0 aliphatic carbocycles. The minimum absolute atomic E-state index is 0.278. The van der Waals surface area contributed by atoms with Gasteiger partial charge in [0.2, 0.25) is 0 Å². The van der Waals surface area contributed by atoms with Crippen molar-refractivity contribution in [2.24, 2.45) is 0 Å². The highest BCUT2D eigenvalue weighted by atomic mass is 33.8. The first-order valence-corrected chi connectivity index (χ1v) is 18.6. The highest BCUT2D eigenvalue weighted by Gasteiger charge is 2.20. The van der Waals surface area contributed by atoms with Crippen LogP contribution in [0.5, 0.6) is 0 Å². The summed E-state index contributed by atoms with van der Waals surface area (Å²) in [5.41, 5.74) is 0.542. The van der Waals surface area contributed by atoms with Crippen molar-refractivity contribution in [3.63, 3.8) is 0 Å². The van der Waals surface area contributed by atoms with E-state index < -0.39 is 12.1 Å². The molecular weight excluding hydrogens is 523 g/mol. The molecule has 0 aromatic heterocycles. The van der Waals surface area contributed by atoms with Crippen molar-refractivity contribution in [1.29, 1.82) is 0 Å². The maximum Gasteiger partial charge on any atom is 0.251 e. The van der Waals surface area contributed by atoms with Gasteiger partial charge in [0, 0.05) is 15.4 Å². The van der Waals surface area contributed by atoms with Crippen LogP contribution < -0.4 is 5.32 Å². The highest BCUT2D eigenvalue weighted by Crippen LogP contribution is 2.59.